The van der Waals surface area contributed by atoms with Gasteiger partial charge < -0.3 is 9.47 Å². The van der Waals surface area contributed by atoms with Gasteiger partial charge in [-0.25, -0.2) is 0 Å². The Morgan fingerprint density at radius 1 is 1.06 bits per heavy atom. The summed E-state index contributed by atoms with van der Waals surface area (Å²) in [6.45, 7) is -0.243. The molecule has 0 radical (unpaired) electrons. The van der Waals surface area contributed by atoms with E-state index in [4.69, 9.17) is 0 Å². The lowest BCUT2D eigenvalue weighted by Crippen LogP contribution is -2.34. The van der Waals surface area contributed by atoms with Crippen molar-refractivity contribution in [3.63, 3.8) is 0 Å². The third kappa shape index (κ3) is 3.06. The topological polar surface area (TPSA) is 52.6 Å². The first-order valence-corrected chi connectivity index (χ1v) is 5.64. The molecule has 0 bridgehead atoms. The second-order valence-electron chi connectivity index (χ2n) is 3.98. The quantitative estimate of drug-likeness (QED) is 0.587. The van der Waals surface area contributed by atoms with Crippen molar-refractivity contribution in [3.8, 4) is 0 Å². The predicted molar refractivity (Wildman–Crippen MR) is 59.9 cm³/mol. The van der Waals surface area contributed by atoms with Gasteiger partial charge in [0.25, 0.3) is 0 Å². The largest absolute Gasteiger partial charge is 0.427 e. The highest BCUT2D eigenvalue weighted by atomic mass is 16.7. The van der Waals surface area contributed by atoms with E-state index in [1.165, 1.54) is 5.56 Å². The Morgan fingerprint density at radius 2 is 1.71 bits per heavy atom. The summed E-state index contributed by atoms with van der Waals surface area (Å²) < 4.78 is 9.36. The van der Waals surface area contributed by atoms with E-state index in [0.29, 0.717) is 6.42 Å². The monoisotopic (exact) mass is 234 g/mol. The molecule has 1 aliphatic rings. The fourth-order valence-electron chi connectivity index (χ4n) is 1.83. The first kappa shape index (κ1) is 11.6. The summed E-state index contributed by atoms with van der Waals surface area (Å²) in [6, 6.07) is 9.95. The van der Waals surface area contributed by atoms with Gasteiger partial charge in [0.1, 0.15) is 0 Å². The summed E-state index contributed by atoms with van der Waals surface area (Å²) in [5.74, 6) is -1.67. The normalized spacial score (nSPS) is 16.5. The Kier molecular flexibility index (Phi) is 3.75. The van der Waals surface area contributed by atoms with Gasteiger partial charge in [-0.1, -0.05) is 30.3 Å². The minimum atomic E-state index is -0.743. The van der Waals surface area contributed by atoms with E-state index >= 15 is 0 Å². The number of carbonyl (C=O) groups excluding carboxylic acids is 2. The van der Waals surface area contributed by atoms with E-state index < -0.39 is 17.9 Å². The van der Waals surface area contributed by atoms with Gasteiger partial charge in [-0.2, -0.15) is 0 Å². The van der Waals surface area contributed by atoms with Crippen LogP contribution in [-0.2, 0) is 25.5 Å². The SMILES string of the molecule is O=C1OCOC(=O)C1CCCc1ccccc1. The van der Waals surface area contributed by atoms with Crippen LogP contribution in [0.2, 0.25) is 0 Å². The van der Waals surface area contributed by atoms with E-state index in [9.17, 15) is 9.59 Å². The van der Waals surface area contributed by atoms with Gasteiger partial charge >= 0.3 is 11.9 Å². The zero-order valence-electron chi connectivity index (χ0n) is 9.43. The van der Waals surface area contributed by atoms with Crippen LogP contribution in [-0.4, -0.2) is 18.7 Å². The summed E-state index contributed by atoms with van der Waals surface area (Å²) in [6.07, 6.45) is 2.09. The van der Waals surface area contributed by atoms with E-state index in [1.807, 2.05) is 30.3 Å². The van der Waals surface area contributed by atoms with Crippen molar-refractivity contribution >= 4 is 11.9 Å². The third-order valence-electron chi connectivity index (χ3n) is 2.77. The lowest BCUT2D eigenvalue weighted by molar-refractivity contribution is -0.190. The fourth-order valence-corrected chi connectivity index (χ4v) is 1.83. The molecule has 4 nitrogen and oxygen atoms in total. The molecule has 1 aliphatic heterocycles. The van der Waals surface area contributed by atoms with Crippen LogP contribution in [0, 0.1) is 5.92 Å². The summed E-state index contributed by atoms with van der Waals surface area (Å²) in [7, 11) is 0. The zero-order chi connectivity index (χ0) is 12.1. The van der Waals surface area contributed by atoms with Crippen LogP contribution in [0.1, 0.15) is 18.4 Å². The zero-order valence-corrected chi connectivity index (χ0v) is 9.43. The molecule has 4 heteroatoms. The highest BCUT2D eigenvalue weighted by Gasteiger charge is 2.33. The van der Waals surface area contributed by atoms with Crippen LogP contribution in [0.15, 0.2) is 30.3 Å². The lowest BCUT2D eigenvalue weighted by atomic mass is 9.99. The molecule has 1 heterocycles. The maximum Gasteiger partial charge on any atom is 0.323 e. The minimum absolute atomic E-state index is 0.243. The molecule has 90 valence electrons. The Hall–Kier alpha value is -1.84. The van der Waals surface area contributed by atoms with Gasteiger partial charge in [-0.05, 0) is 24.8 Å². The maximum absolute atomic E-state index is 11.3. The highest BCUT2D eigenvalue weighted by Crippen LogP contribution is 2.17. The van der Waals surface area contributed by atoms with Crippen LogP contribution >= 0.6 is 0 Å². The molecule has 1 saturated heterocycles. The number of aryl methyl sites for hydroxylation is 1. The molecule has 0 atom stereocenters. The molecule has 0 amide bonds. The second kappa shape index (κ2) is 5.48. The fraction of sp³-hybridized carbons (Fsp3) is 0.385. The highest BCUT2D eigenvalue weighted by molar-refractivity contribution is 5.95. The van der Waals surface area contributed by atoms with Gasteiger partial charge in [0.05, 0.1) is 0 Å². The third-order valence-corrected chi connectivity index (χ3v) is 2.77. The summed E-state index contributed by atoms with van der Waals surface area (Å²) in [4.78, 5) is 22.6. The summed E-state index contributed by atoms with van der Waals surface area (Å²) in [5, 5.41) is 0. The molecule has 17 heavy (non-hydrogen) atoms. The molecule has 0 aliphatic carbocycles. The summed E-state index contributed by atoms with van der Waals surface area (Å²) >= 11 is 0. The van der Waals surface area contributed by atoms with Crippen molar-refractivity contribution in [2.75, 3.05) is 6.79 Å². The van der Waals surface area contributed by atoms with Crippen molar-refractivity contribution in [3.05, 3.63) is 35.9 Å². The van der Waals surface area contributed by atoms with Gasteiger partial charge in [-0.15, -0.1) is 0 Å². The lowest BCUT2D eigenvalue weighted by Gasteiger charge is -2.19. The van der Waals surface area contributed by atoms with Gasteiger partial charge in [0.2, 0.25) is 6.79 Å². The maximum atomic E-state index is 11.3. The van der Waals surface area contributed by atoms with Crippen molar-refractivity contribution in [2.24, 2.45) is 5.92 Å². The van der Waals surface area contributed by atoms with Crippen LogP contribution < -0.4 is 0 Å². The van der Waals surface area contributed by atoms with E-state index in [2.05, 4.69) is 9.47 Å². The standard InChI is InChI=1S/C13H14O4/c14-12-11(13(15)17-9-16-12)8-4-7-10-5-2-1-3-6-10/h1-3,5-6,11H,4,7-9H2. The molecule has 0 aromatic heterocycles. The first-order valence-electron chi connectivity index (χ1n) is 5.64. The Bertz CT molecular complexity index is 383. The molecular weight excluding hydrogens is 220 g/mol. The Balaban J connectivity index is 1.81. The smallest absolute Gasteiger partial charge is 0.323 e. The minimum Gasteiger partial charge on any atom is -0.427 e. The van der Waals surface area contributed by atoms with Crippen molar-refractivity contribution < 1.29 is 19.1 Å². The predicted octanol–water partition coefficient (Wildman–Crippen LogP) is 1.68. The van der Waals surface area contributed by atoms with Crippen molar-refractivity contribution in [1.82, 2.24) is 0 Å². The first-order chi connectivity index (χ1) is 8.27. The number of benzene rings is 1. The average molecular weight is 234 g/mol. The molecule has 2 rings (SSSR count). The molecular formula is C13H14O4. The van der Waals surface area contributed by atoms with E-state index in [0.717, 1.165) is 12.8 Å². The Morgan fingerprint density at radius 3 is 2.35 bits per heavy atom. The molecule has 0 unspecified atom stereocenters. The average Bonchev–Trinajstić information content (AvgIpc) is 2.34. The number of hydrogen-bond donors (Lipinski definition) is 0. The molecule has 1 aromatic rings. The van der Waals surface area contributed by atoms with Crippen molar-refractivity contribution in [1.29, 1.82) is 0 Å². The number of hydrogen-bond acceptors (Lipinski definition) is 4. The number of esters is 2. The molecule has 1 aromatic carbocycles. The number of rotatable bonds is 4. The number of ether oxygens (including phenoxy) is 2. The van der Waals surface area contributed by atoms with Crippen molar-refractivity contribution in [2.45, 2.75) is 19.3 Å². The summed E-state index contributed by atoms with van der Waals surface area (Å²) in [5.41, 5.74) is 1.20. The Labute approximate surface area is 99.5 Å². The van der Waals surface area contributed by atoms with Crippen LogP contribution in [0.25, 0.3) is 0 Å². The van der Waals surface area contributed by atoms with Gasteiger partial charge in [0.15, 0.2) is 5.92 Å². The van der Waals surface area contributed by atoms with Gasteiger partial charge in [0, 0.05) is 0 Å². The second-order valence-corrected chi connectivity index (χ2v) is 3.98. The van der Waals surface area contributed by atoms with E-state index in [-0.39, 0.29) is 6.79 Å². The van der Waals surface area contributed by atoms with Gasteiger partial charge in [-0.3, -0.25) is 9.59 Å². The molecule has 0 N–H and O–H groups in total. The van der Waals surface area contributed by atoms with Crippen LogP contribution in [0.3, 0.4) is 0 Å². The molecule has 1 fully saturated rings. The molecule has 0 spiro atoms. The van der Waals surface area contributed by atoms with Crippen LogP contribution in [0.5, 0.6) is 0 Å². The number of carbonyl (C=O) groups is 2. The molecule has 0 saturated carbocycles. The number of cyclic esters (lactones) is 2. The van der Waals surface area contributed by atoms with E-state index in [1.54, 1.807) is 0 Å². The van der Waals surface area contributed by atoms with Crippen LogP contribution in [0.4, 0.5) is 0 Å².